The van der Waals surface area contributed by atoms with E-state index in [1.54, 1.807) is 0 Å². The van der Waals surface area contributed by atoms with Gasteiger partial charge in [-0.1, -0.05) is 19.8 Å². The maximum atomic E-state index is 12.6. The fourth-order valence-electron chi connectivity index (χ4n) is 0.819. The lowest BCUT2D eigenvalue weighted by atomic mass is 10.1. The predicted molar refractivity (Wildman–Crippen MR) is 41.1 cm³/mol. The Morgan fingerprint density at radius 1 is 1.55 bits per heavy atom. The van der Waals surface area contributed by atoms with Crippen molar-refractivity contribution in [2.75, 3.05) is 7.11 Å². The van der Waals surface area contributed by atoms with Gasteiger partial charge in [-0.3, -0.25) is 0 Å². The van der Waals surface area contributed by atoms with E-state index in [1.165, 1.54) is 7.11 Å². The van der Waals surface area contributed by atoms with Crippen molar-refractivity contribution < 1.29 is 13.9 Å². The van der Waals surface area contributed by atoms with E-state index in [0.717, 1.165) is 19.3 Å². The molecule has 0 radical (unpaired) electrons. The molecule has 0 N–H and O–H groups in total. The van der Waals surface area contributed by atoms with Gasteiger partial charge in [0.15, 0.2) is 6.17 Å². The normalized spacial score (nSPS) is 12.6. The summed E-state index contributed by atoms with van der Waals surface area (Å²) in [4.78, 5) is 10.5. The fourth-order valence-corrected chi connectivity index (χ4v) is 0.819. The second-order valence-electron chi connectivity index (χ2n) is 2.49. The molecular formula is C8H15FO2. The first-order valence-corrected chi connectivity index (χ1v) is 3.94. The molecule has 0 heterocycles. The number of carbonyl (C=O) groups is 1. The minimum atomic E-state index is -1.42. The molecule has 11 heavy (non-hydrogen) atoms. The zero-order valence-electron chi connectivity index (χ0n) is 7.10. The van der Waals surface area contributed by atoms with Crippen molar-refractivity contribution in [3.8, 4) is 0 Å². The van der Waals surface area contributed by atoms with Crippen molar-refractivity contribution in [1.82, 2.24) is 0 Å². The molecule has 0 amide bonds. The summed E-state index contributed by atoms with van der Waals surface area (Å²) in [5, 5.41) is 0. The van der Waals surface area contributed by atoms with Crippen LogP contribution in [0, 0.1) is 0 Å². The second-order valence-corrected chi connectivity index (χ2v) is 2.49. The van der Waals surface area contributed by atoms with Gasteiger partial charge in [-0.15, -0.1) is 0 Å². The first-order valence-electron chi connectivity index (χ1n) is 3.94. The molecule has 0 saturated carbocycles. The first-order chi connectivity index (χ1) is 5.22. The van der Waals surface area contributed by atoms with E-state index in [2.05, 4.69) is 4.74 Å². The number of alkyl halides is 1. The van der Waals surface area contributed by atoms with Gasteiger partial charge < -0.3 is 4.74 Å². The zero-order valence-corrected chi connectivity index (χ0v) is 7.10. The molecule has 66 valence electrons. The standard InChI is InChI=1S/C8H15FO2/c1-3-4-5-6-7(9)8(10)11-2/h7H,3-6H2,1-2H3. The van der Waals surface area contributed by atoms with Crippen molar-refractivity contribution in [3.63, 3.8) is 0 Å². The maximum absolute atomic E-state index is 12.6. The van der Waals surface area contributed by atoms with Gasteiger partial charge in [-0.05, 0) is 12.8 Å². The largest absolute Gasteiger partial charge is 0.467 e. The van der Waals surface area contributed by atoms with Crippen LogP contribution in [-0.4, -0.2) is 19.3 Å². The van der Waals surface area contributed by atoms with Gasteiger partial charge in [0, 0.05) is 0 Å². The van der Waals surface area contributed by atoms with Crippen molar-refractivity contribution in [1.29, 1.82) is 0 Å². The lowest BCUT2D eigenvalue weighted by molar-refractivity contribution is -0.146. The van der Waals surface area contributed by atoms with Crippen LogP contribution in [0.2, 0.25) is 0 Å². The smallest absolute Gasteiger partial charge is 0.340 e. The third-order valence-electron chi connectivity index (χ3n) is 1.52. The number of hydrogen-bond acceptors (Lipinski definition) is 2. The number of ether oxygens (including phenoxy) is 1. The maximum Gasteiger partial charge on any atom is 0.340 e. The fraction of sp³-hybridized carbons (Fsp3) is 0.875. The van der Waals surface area contributed by atoms with Crippen LogP contribution in [0.1, 0.15) is 32.6 Å². The quantitative estimate of drug-likeness (QED) is 0.457. The Morgan fingerprint density at radius 2 is 2.18 bits per heavy atom. The molecule has 0 aromatic heterocycles. The number of esters is 1. The van der Waals surface area contributed by atoms with Gasteiger partial charge >= 0.3 is 5.97 Å². The van der Waals surface area contributed by atoms with E-state index in [0.29, 0.717) is 6.42 Å². The highest BCUT2D eigenvalue weighted by Gasteiger charge is 2.16. The van der Waals surface area contributed by atoms with Gasteiger partial charge in [-0.25, -0.2) is 9.18 Å². The number of unbranched alkanes of at least 4 members (excludes halogenated alkanes) is 2. The summed E-state index contributed by atoms with van der Waals surface area (Å²) in [5.74, 6) is -0.749. The molecule has 1 unspecified atom stereocenters. The molecule has 0 aliphatic heterocycles. The lowest BCUT2D eigenvalue weighted by Gasteiger charge is -2.03. The van der Waals surface area contributed by atoms with Crippen LogP contribution in [-0.2, 0) is 9.53 Å². The third-order valence-corrected chi connectivity index (χ3v) is 1.52. The number of methoxy groups -OCH3 is 1. The second kappa shape index (κ2) is 6.13. The monoisotopic (exact) mass is 162 g/mol. The minimum Gasteiger partial charge on any atom is -0.467 e. The van der Waals surface area contributed by atoms with Gasteiger partial charge in [0.05, 0.1) is 7.11 Å². The molecule has 1 atom stereocenters. The molecular weight excluding hydrogens is 147 g/mol. The summed E-state index contributed by atoms with van der Waals surface area (Å²) < 4.78 is 16.9. The predicted octanol–water partition coefficient (Wildman–Crippen LogP) is 2.08. The number of rotatable bonds is 5. The summed E-state index contributed by atoms with van der Waals surface area (Å²) in [5.41, 5.74) is 0. The average molecular weight is 162 g/mol. The molecule has 0 saturated heterocycles. The van der Waals surface area contributed by atoms with Crippen molar-refractivity contribution in [2.24, 2.45) is 0 Å². The lowest BCUT2D eigenvalue weighted by Crippen LogP contribution is -2.16. The Morgan fingerprint density at radius 3 is 2.64 bits per heavy atom. The SMILES string of the molecule is CCCCCC(F)C(=O)OC. The van der Waals surface area contributed by atoms with Crippen LogP contribution in [0.5, 0.6) is 0 Å². The molecule has 0 bridgehead atoms. The Kier molecular flexibility index (Phi) is 5.80. The number of hydrogen-bond donors (Lipinski definition) is 0. The molecule has 2 nitrogen and oxygen atoms in total. The summed E-state index contributed by atoms with van der Waals surface area (Å²) in [6.07, 6.45) is 1.63. The molecule has 0 spiro atoms. The Hall–Kier alpha value is -0.600. The third kappa shape index (κ3) is 4.76. The van der Waals surface area contributed by atoms with Crippen LogP contribution >= 0.6 is 0 Å². The average Bonchev–Trinajstić information content (AvgIpc) is 2.03. The van der Waals surface area contributed by atoms with Crippen LogP contribution in [0.4, 0.5) is 4.39 Å². The molecule has 0 aromatic carbocycles. The molecule has 0 fully saturated rings. The van der Waals surface area contributed by atoms with Crippen LogP contribution in [0.3, 0.4) is 0 Å². The van der Waals surface area contributed by atoms with E-state index in [-0.39, 0.29) is 0 Å². The van der Waals surface area contributed by atoms with Crippen LogP contribution in [0.15, 0.2) is 0 Å². The number of carbonyl (C=O) groups excluding carboxylic acids is 1. The van der Waals surface area contributed by atoms with Crippen LogP contribution < -0.4 is 0 Å². The number of halogens is 1. The van der Waals surface area contributed by atoms with E-state index in [4.69, 9.17) is 0 Å². The van der Waals surface area contributed by atoms with E-state index >= 15 is 0 Å². The van der Waals surface area contributed by atoms with Gasteiger partial charge in [-0.2, -0.15) is 0 Å². The van der Waals surface area contributed by atoms with Gasteiger partial charge in [0.25, 0.3) is 0 Å². The van der Waals surface area contributed by atoms with Gasteiger partial charge in [0.2, 0.25) is 0 Å². The highest BCUT2D eigenvalue weighted by Crippen LogP contribution is 2.07. The van der Waals surface area contributed by atoms with Crippen molar-refractivity contribution in [2.45, 2.75) is 38.8 Å². The van der Waals surface area contributed by atoms with Gasteiger partial charge in [0.1, 0.15) is 0 Å². The Balaban J connectivity index is 3.36. The Bertz CT molecular complexity index is 115. The van der Waals surface area contributed by atoms with E-state index < -0.39 is 12.1 Å². The summed E-state index contributed by atoms with van der Waals surface area (Å²) in [7, 11) is 1.20. The highest BCUT2D eigenvalue weighted by molar-refractivity contribution is 5.74. The summed E-state index contributed by atoms with van der Waals surface area (Å²) in [6, 6.07) is 0. The summed E-state index contributed by atoms with van der Waals surface area (Å²) in [6.45, 7) is 2.03. The summed E-state index contributed by atoms with van der Waals surface area (Å²) >= 11 is 0. The highest BCUT2D eigenvalue weighted by atomic mass is 19.1. The van der Waals surface area contributed by atoms with Crippen molar-refractivity contribution >= 4 is 5.97 Å². The molecule has 0 aliphatic rings. The first kappa shape index (κ1) is 10.4. The van der Waals surface area contributed by atoms with E-state index in [9.17, 15) is 9.18 Å². The Labute approximate surface area is 66.7 Å². The minimum absolute atomic E-state index is 0.292. The van der Waals surface area contributed by atoms with Crippen LogP contribution in [0.25, 0.3) is 0 Å². The van der Waals surface area contributed by atoms with E-state index in [1.807, 2.05) is 6.92 Å². The zero-order chi connectivity index (χ0) is 8.69. The molecule has 0 rings (SSSR count). The topological polar surface area (TPSA) is 26.3 Å². The molecule has 0 aromatic rings. The van der Waals surface area contributed by atoms with Crippen molar-refractivity contribution in [3.05, 3.63) is 0 Å². The molecule has 0 aliphatic carbocycles. The molecule has 3 heteroatoms.